The van der Waals surface area contributed by atoms with Gasteiger partial charge in [0.15, 0.2) is 0 Å². The highest BCUT2D eigenvalue weighted by Gasteiger charge is 2.24. The second kappa shape index (κ2) is 10.6. The number of carboxylic acids is 1. The van der Waals surface area contributed by atoms with E-state index in [0.717, 1.165) is 18.9 Å². The van der Waals surface area contributed by atoms with Crippen LogP contribution in [0.2, 0.25) is 0 Å². The second-order valence-corrected chi connectivity index (χ2v) is 7.68. The molecule has 1 aromatic carbocycles. The van der Waals surface area contributed by atoms with E-state index in [2.05, 4.69) is 0 Å². The van der Waals surface area contributed by atoms with Crippen molar-refractivity contribution >= 4 is 46.2 Å². The number of hydrogen-bond acceptors (Lipinski definition) is 8. The molecule has 0 saturated carbocycles. The fourth-order valence-corrected chi connectivity index (χ4v) is 4.31. The molecule has 31 heavy (non-hydrogen) atoms. The van der Waals surface area contributed by atoms with E-state index in [4.69, 9.17) is 9.68 Å². The molecule has 1 aromatic heterocycles. The van der Waals surface area contributed by atoms with E-state index in [-0.39, 0.29) is 16.8 Å². The summed E-state index contributed by atoms with van der Waals surface area (Å²) < 4.78 is 5.41. The molecule has 0 atom stereocenters. The summed E-state index contributed by atoms with van der Waals surface area (Å²) in [4.78, 5) is 37.5. The van der Waals surface area contributed by atoms with Crippen LogP contribution in [0.3, 0.4) is 0 Å². The van der Waals surface area contributed by atoms with Crippen LogP contribution in [0.5, 0.6) is 0 Å². The van der Waals surface area contributed by atoms with Gasteiger partial charge < -0.3 is 14.4 Å². The lowest BCUT2D eigenvalue weighted by Gasteiger charge is -2.21. The number of hydrogen-bond donors (Lipinski definition) is 1. The molecule has 0 radical (unpaired) electrons. The number of aliphatic carboxylic acids is 1. The number of nitrogens with zero attached hydrogens (tertiary/aromatic N) is 3. The minimum absolute atomic E-state index is 0.0996. The van der Waals surface area contributed by atoms with E-state index in [0.29, 0.717) is 34.8 Å². The highest BCUT2D eigenvalue weighted by Crippen LogP contribution is 2.38. The van der Waals surface area contributed by atoms with Crippen molar-refractivity contribution in [2.75, 3.05) is 23.7 Å². The van der Waals surface area contributed by atoms with Crippen LogP contribution in [0.1, 0.15) is 39.2 Å². The predicted molar refractivity (Wildman–Crippen MR) is 120 cm³/mol. The molecule has 0 bridgehead atoms. The van der Waals surface area contributed by atoms with Crippen LogP contribution in [0.15, 0.2) is 31.8 Å². The lowest BCUT2D eigenvalue weighted by Crippen LogP contribution is -2.23. The standard InChI is InChI=1S/C21H23N3O6S/c1-4-7-8-31-19-14-10-17(24(28)29)16(23(5-2)6-3)11-18(14)30-21(27)15(19)9-13(12-22)20(25)26/h9-11H,4-8H2,1-3H3,(H,25,26). The van der Waals surface area contributed by atoms with E-state index < -0.39 is 22.1 Å². The Morgan fingerprint density at radius 2 is 2.03 bits per heavy atom. The first-order valence-electron chi connectivity index (χ1n) is 9.80. The van der Waals surface area contributed by atoms with Gasteiger partial charge in [-0.15, -0.1) is 11.8 Å². The summed E-state index contributed by atoms with van der Waals surface area (Å²) in [6.07, 6.45) is 2.67. The quantitative estimate of drug-likeness (QED) is 0.107. The van der Waals surface area contributed by atoms with Gasteiger partial charge in [0.05, 0.1) is 10.5 Å². The SMILES string of the molecule is CCCCSc1c(C=C(C#N)C(=O)O)c(=O)oc2cc(N(CC)CC)c([N+](=O)[O-])cc12. The number of thioether (sulfide) groups is 1. The summed E-state index contributed by atoms with van der Waals surface area (Å²) in [5.41, 5.74) is -1.17. The molecule has 2 rings (SSSR count). The van der Waals surface area contributed by atoms with Crippen molar-refractivity contribution < 1.29 is 19.2 Å². The van der Waals surface area contributed by atoms with Gasteiger partial charge in [-0.3, -0.25) is 10.1 Å². The molecule has 9 nitrogen and oxygen atoms in total. The zero-order chi connectivity index (χ0) is 23.1. The Morgan fingerprint density at radius 3 is 2.55 bits per heavy atom. The topological polar surface area (TPSA) is 138 Å². The van der Waals surface area contributed by atoms with Crippen molar-refractivity contribution in [3.05, 3.63) is 43.8 Å². The maximum absolute atomic E-state index is 12.7. The number of carbonyl (C=O) groups is 1. The zero-order valence-corrected chi connectivity index (χ0v) is 18.3. The van der Waals surface area contributed by atoms with Crippen LogP contribution >= 0.6 is 11.8 Å². The number of carboxylic acid groups (broad SMARTS) is 1. The average Bonchev–Trinajstić information content (AvgIpc) is 2.73. The molecular weight excluding hydrogens is 422 g/mol. The first-order valence-corrected chi connectivity index (χ1v) is 10.8. The van der Waals surface area contributed by atoms with Crippen LogP contribution in [0.4, 0.5) is 11.4 Å². The Kier molecular flexibility index (Phi) is 8.22. The lowest BCUT2D eigenvalue weighted by molar-refractivity contribution is -0.384. The smallest absolute Gasteiger partial charge is 0.346 e. The molecule has 1 N–H and O–H groups in total. The van der Waals surface area contributed by atoms with Gasteiger partial charge in [-0.25, -0.2) is 9.59 Å². The number of benzene rings is 1. The lowest BCUT2D eigenvalue weighted by atomic mass is 10.1. The maximum Gasteiger partial charge on any atom is 0.346 e. The molecule has 0 spiro atoms. The number of nitro groups is 1. The van der Waals surface area contributed by atoms with E-state index >= 15 is 0 Å². The van der Waals surface area contributed by atoms with E-state index in [9.17, 15) is 24.8 Å². The Labute approximate surface area is 183 Å². The van der Waals surface area contributed by atoms with E-state index in [1.165, 1.54) is 23.9 Å². The Balaban J connectivity index is 2.92. The van der Waals surface area contributed by atoms with Crippen LogP contribution in [0.25, 0.3) is 17.0 Å². The molecule has 10 heteroatoms. The van der Waals surface area contributed by atoms with Crippen LogP contribution in [-0.4, -0.2) is 34.8 Å². The summed E-state index contributed by atoms with van der Waals surface area (Å²) in [7, 11) is 0. The van der Waals surface area contributed by atoms with Gasteiger partial charge in [0.25, 0.3) is 5.69 Å². The molecule has 1 heterocycles. The Hall–Kier alpha value is -3.32. The fraction of sp³-hybridized carbons (Fsp3) is 0.381. The molecule has 164 valence electrons. The number of fused-ring (bicyclic) bond motifs is 1. The minimum atomic E-state index is -1.48. The van der Waals surface area contributed by atoms with E-state index in [1.807, 2.05) is 20.8 Å². The monoisotopic (exact) mass is 445 g/mol. The first kappa shape index (κ1) is 24.0. The third kappa shape index (κ3) is 5.24. The van der Waals surface area contributed by atoms with Gasteiger partial charge in [0.2, 0.25) is 0 Å². The number of nitro benzene ring substituents is 1. The molecule has 2 aromatic rings. The molecule has 0 saturated heterocycles. The van der Waals surface area contributed by atoms with Gasteiger partial charge in [-0.2, -0.15) is 5.26 Å². The second-order valence-electron chi connectivity index (χ2n) is 6.58. The molecule has 0 unspecified atom stereocenters. The molecule has 0 fully saturated rings. The average molecular weight is 445 g/mol. The van der Waals surface area contributed by atoms with Crippen molar-refractivity contribution in [2.24, 2.45) is 0 Å². The van der Waals surface area contributed by atoms with Gasteiger partial charge >= 0.3 is 11.6 Å². The highest BCUT2D eigenvalue weighted by molar-refractivity contribution is 7.99. The van der Waals surface area contributed by atoms with Gasteiger partial charge in [0.1, 0.15) is 22.9 Å². The summed E-state index contributed by atoms with van der Waals surface area (Å²) in [5, 5.41) is 30.4. The highest BCUT2D eigenvalue weighted by atomic mass is 32.2. The Bertz CT molecular complexity index is 1130. The van der Waals surface area contributed by atoms with E-state index in [1.54, 1.807) is 11.0 Å². The molecular formula is C21H23N3O6S. The summed E-state index contributed by atoms with van der Waals surface area (Å²) in [5.74, 6) is -0.870. The first-order chi connectivity index (χ1) is 14.8. The third-order valence-electron chi connectivity index (χ3n) is 4.67. The summed E-state index contributed by atoms with van der Waals surface area (Å²) in [6.45, 7) is 6.77. The number of rotatable bonds is 10. The maximum atomic E-state index is 12.7. The summed E-state index contributed by atoms with van der Waals surface area (Å²) in [6, 6.07) is 4.37. The van der Waals surface area contributed by atoms with Crippen LogP contribution in [-0.2, 0) is 4.79 Å². The molecule has 0 amide bonds. The predicted octanol–water partition coefficient (Wildman–Crippen LogP) is 4.43. The van der Waals surface area contributed by atoms with Gasteiger partial charge in [-0.05, 0) is 32.1 Å². The molecule has 0 aliphatic carbocycles. The number of unbranched alkanes of at least 4 members (excludes halogenated alkanes) is 1. The van der Waals surface area contributed by atoms with Crippen molar-refractivity contribution in [3.63, 3.8) is 0 Å². The van der Waals surface area contributed by atoms with Crippen molar-refractivity contribution in [1.82, 2.24) is 0 Å². The largest absolute Gasteiger partial charge is 0.477 e. The summed E-state index contributed by atoms with van der Waals surface area (Å²) >= 11 is 1.28. The third-order valence-corrected chi connectivity index (χ3v) is 5.89. The van der Waals surface area contributed by atoms with Crippen molar-refractivity contribution in [3.8, 4) is 6.07 Å². The Morgan fingerprint density at radius 1 is 1.35 bits per heavy atom. The van der Waals surface area contributed by atoms with Gasteiger partial charge in [0, 0.05) is 35.5 Å². The van der Waals surface area contributed by atoms with Crippen molar-refractivity contribution in [2.45, 2.75) is 38.5 Å². The molecule has 0 aliphatic rings. The zero-order valence-electron chi connectivity index (χ0n) is 17.5. The van der Waals surface area contributed by atoms with Crippen LogP contribution in [0, 0.1) is 21.4 Å². The number of nitriles is 1. The van der Waals surface area contributed by atoms with Gasteiger partial charge in [-0.1, -0.05) is 13.3 Å². The van der Waals surface area contributed by atoms with Crippen molar-refractivity contribution in [1.29, 1.82) is 5.26 Å². The minimum Gasteiger partial charge on any atom is -0.477 e. The number of anilines is 1. The fourth-order valence-electron chi connectivity index (χ4n) is 3.06. The normalized spacial score (nSPS) is 11.4. The molecule has 0 aliphatic heterocycles. The van der Waals surface area contributed by atoms with Crippen LogP contribution < -0.4 is 10.5 Å².